The van der Waals surface area contributed by atoms with Crippen molar-refractivity contribution in [2.75, 3.05) is 24.3 Å². The van der Waals surface area contributed by atoms with Crippen molar-refractivity contribution in [3.8, 4) is 6.07 Å². The summed E-state index contributed by atoms with van der Waals surface area (Å²) >= 11 is 1.38. The molecule has 1 aliphatic heterocycles. The second kappa shape index (κ2) is 11.3. The predicted molar refractivity (Wildman–Crippen MR) is 142 cm³/mol. The fourth-order valence-corrected chi connectivity index (χ4v) is 5.88. The first-order valence-electron chi connectivity index (χ1n) is 12.2. The van der Waals surface area contributed by atoms with E-state index in [1.54, 1.807) is 32.3 Å². The van der Waals surface area contributed by atoms with Crippen LogP contribution >= 0.6 is 11.8 Å². The van der Waals surface area contributed by atoms with E-state index in [0.29, 0.717) is 19.6 Å². The molecule has 1 aromatic carbocycles. The molecule has 2 aliphatic rings. The third-order valence-electron chi connectivity index (χ3n) is 6.84. The van der Waals surface area contributed by atoms with Crippen LogP contribution in [0.5, 0.6) is 0 Å². The molecule has 2 atom stereocenters. The molecular weight excluding hydrogens is 513 g/mol. The molecule has 1 saturated heterocycles. The number of hydrogen-bond donors (Lipinski definition) is 0. The van der Waals surface area contributed by atoms with Crippen LogP contribution < -0.4 is 4.90 Å². The quantitative estimate of drug-likeness (QED) is 0.389. The van der Waals surface area contributed by atoms with E-state index in [9.17, 15) is 18.0 Å². The second-order valence-electron chi connectivity index (χ2n) is 9.61. The van der Waals surface area contributed by atoms with Gasteiger partial charge in [0.05, 0.1) is 28.8 Å². The molecule has 0 spiro atoms. The summed E-state index contributed by atoms with van der Waals surface area (Å²) in [4.78, 5) is 20.9. The van der Waals surface area contributed by atoms with Gasteiger partial charge in [-0.3, -0.25) is 19.6 Å². The SMILES string of the molecule is CSC1N(c2ccc(C#N)c(C(F)(F)F)c2)C(=O)C(C)(C)N1CCCOC1C=CC=C(c2ccncc2)C1. The molecule has 0 bridgehead atoms. The normalized spacial score (nSPS) is 21.4. The number of benzene rings is 1. The number of halogens is 3. The molecule has 0 saturated carbocycles. The van der Waals surface area contributed by atoms with Crippen molar-refractivity contribution in [2.24, 2.45) is 0 Å². The molecule has 4 rings (SSSR count). The van der Waals surface area contributed by atoms with Crippen molar-refractivity contribution in [3.63, 3.8) is 0 Å². The van der Waals surface area contributed by atoms with Gasteiger partial charge in [-0.05, 0) is 68.0 Å². The Morgan fingerprint density at radius 2 is 1.97 bits per heavy atom. The lowest BCUT2D eigenvalue weighted by atomic mass is 9.96. The number of alkyl halides is 3. The third kappa shape index (κ3) is 5.65. The molecule has 1 aliphatic carbocycles. The van der Waals surface area contributed by atoms with Gasteiger partial charge in [0, 0.05) is 37.7 Å². The minimum atomic E-state index is -4.70. The highest BCUT2D eigenvalue weighted by atomic mass is 32.2. The van der Waals surface area contributed by atoms with Gasteiger partial charge in [-0.15, -0.1) is 11.8 Å². The van der Waals surface area contributed by atoms with Crippen molar-refractivity contribution >= 4 is 28.9 Å². The Morgan fingerprint density at radius 3 is 2.63 bits per heavy atom. The molecule has 200 valence electrons. The van der Waals surface area contributed by atoms with Gasteiger partial charge in [0.25, 0.3) is 0 Å². The lowest BCUT2D eigenvalue weighted by Crippen LogP contribution is -2.45. The van der Waals surface area contributed by atoms with Gasteiger partial charge in [-0.1, -0.05) is 18.2 Å². The zero-order valence-corrected chi connectivity index (χ0v) is 22.2. The van der Waals surface area contributed by atoms with Gasteiger partial charge in [0.1, 0.15) is 5.50 Å². The van der Waals surface area contributed by atoms with Gasteiger partial charge < -0.3 is 4.74 Å². The highest BCUT2D eigenvalue weighted by Gasteiger charge is 2.52. The number of carbonyl (C=O) groups is 1. The highest BCUT2D eigenvalue weighted by molar-refractivity contribution is 7.99. The van der Waals surface area contributed by atoms with E-state index in [2.05, 4.69) is 11.1 Å². The molecule has 0 radical (unpaired) electrons. The van der Waals surface area contributed by atoms with Crippen LogP contribution in [-0.2, 0) is 15.7 Å². The predicted octanol–water partition coefficient (Wildman–Crippen LogP) is 5.86. The van der Waals surface area contributed by atoms with Gasteiger partial charge in [-0.2, -0.15) is 18.4 Å². The fraction of sp³-hybridized carbons (Fsp3) is 0.393. The Bertz CT molecular complexity index is 1270. The molecule has 6 nitrogen and oxygen atoms in total. The van der Waals surface area contributed by atoms with Crippen LogP contribution in [-0.4, -0.2) is 52.3 Å². The van der Waals surface area contributed by atoms with Crippen LogP contribution in [0.25, 0.3) is 5.57 Å². The van der Waals surface area contributed by atoms with Crippen LogP contribution in [0.15, 0.2) is 61.0 Å². The largest absolute Gasteiger partial charge is 0.417 e. The summed E-state index contributed by atoms with van der Waals surface area (Å²) in [6.07, 6.45) is 8.03. The van der Waals surface area contributed by atoms with E-state index in [4.69, 9.17) is 10.00 Å². The number of ether oxygens (including phenoxy) is 1. The summed E-state index contributed by atoms with van der Waals surface area (Å²) in [5.41, 5.74) is -0.546. The first-order valence-corrected chi connectivity index (χ1v) is 13.5. The smallest absolute Gasteiger partial charge is 0.374 e. The number of anilines is 1. The van der Waals surface area contributed by atoms with E-state index in [-0.39, 0.29) is 17.7 Å². The zero-order chi connectivity index (χ0) is 27.5. The molecule has 10 heteroatoms. The van der Waals surface area contributed by atoms with Gasteiger partial charge in [0.2, 0.25) is 5.91 Å². The Kier molecular flexibility index (Phi) is 8.31. The van der Waals surface area contributed by atoms with Gasteiger partial charge >= 0.3 is 6.18 Å². The summed E-state index contributed by atoms with van der Waals surface area (Å²) in [5.74, 6) is -0.294. The molecule has 2 aromatic rings. The summed E-state index contributed by atoms with van der Waals surface area (Å²) in [6.45, 7) is 4.55. The first-order chi connectivity index (χ1) is 18.1. The lowest BCUT2D eigenvalue weighted by molar-refractivity contribution is -0.137. The average Bonchev–Trinajstić information content (AvgIpc) is 3.10. The van der Waals surface area contributed by atoms with E-state index >= 15 is 0 Å². The molecule has 2 unspecified atom stereocenters. The number of thioether (sulfide) groups is 1. The van der Waals surface area contributed by atoms with Crippen molar-refractivity contribution in [3.05, 3.63) is 77.6 Å². The van der Waals surface area contributed by atoms with Gasteiger partial charge in [0.15, 0.2) is 0 Å². The molecule has 0 N–H and O–H groups in total. The van der Waals surface area contributed by atoms with Crippen LogP contribution in [0.1, 0.15) is 43.4 Å². The number of pyridine rings is 1. The highest BCUT2D eigenvalue weighted by Crippen LogP contribution is 2.41. The molecule has 1 amide bonds. The molecule has 2 heterocycles. The van der Waals surface area contributed by atoms with E-state index < -0.39 is 28.3 Å². The van der Waals surface area contributed by atoms with Crippen LogP contribution in [0.4, 0.5) is 18.9 Å². The van der Waals surface area contributed by atoms with Crippen molar-refractivity contribution in [2.45, 2.75) is 50.0 Å². The Morgan fingerprint density at radius 1 is 1.24 bits per heavy atom. The maximum absolute atomic E-state index is 13.6. The molecule has 1 aromatic heterocycles. The summed E-state index contributed by atoms with van der Waals surface area (Å²) in [7, 11) is 0. The Hall–Kier alpha value is -3.13. The van der Waals surface area contributed by atoms with Crippen LogP contribution in [0, 0.1) is 11.3 Å². The minimum absolute atomic E-state index is 0.0660. The number of nitriles is 1. The van der Waals surface area contributed by atoms with E-state index in [1.165, 1.54) is 28.3 Å². The van der Waals surface area contributed by atoms with Crippen molar-refractivity contribution < 1.29 is 22.7 Å². The maximum atomic E-state index is 13.6. The monoisotopic (exact) mass is 542 g/mol. The summed E-state index contributed by atoms with van der Waals surface area (Å²) < 4.78 is 46.9. The number of aromatic nitrogens is 1. The fourth-order valence-electron chi connectivity index (χ4n) is 4.83. The van der Waals surface area contributed by atoms with Crippen molar-refractivity contribution in [1.29, 1.82) is 5.26 Å². The zero-order valence-electron chi connectivity index (χ0n) is 21.4. The maximum Gasteiger partial charge on any atom is 0.417 e. The molecule has 1 fully saturated rings. The number of allylic oxidation sites excluding steroid dienone is 2. The number of nitrogens with zero attached hydrogens (tertiary/aromatic N) is 4. The summed E-state index contributed by atoms with van der Waals surface area (Å²) in [5, 5.41) is 9.14. The van der Waals surface area contributed by atoms with E-state index in [0.717, 1.165) is 24.1 Å². The Labute approximate surface area is 224 Å². The minimum Gasteiger partial charge on any atom is -0.374 e. The average molecular weight is 543 g/mol. The van der Waals surface area contributed by atoms with Crippen LogP contribution in [0.3, 0.4) is 0 Å². The third-order valence-corrected chi connectivity index (χ3v) is 7.72. The first kappa shape index (κ1) is 27.9. The Balaban J connectivity index is 1.43. The molecular formula is C28H29F3N4O2S. The number of carbonyl (C=O) groups excluding carboxylic acids is 1. The topological polar surface area (TPSA) is 69.5 Å². The van der Waals surface area contributed by atoms with Gasteiger partial charge in [-0.25, -0.2) is 0 Å². The second-order valence-corrected chi connectivity index (χ2v) is 10.5. The number of rotatable bonds is 8. The lowest BCUT2D eigenvalue weighted by Gasteiger charge is -2.33. The standard InChI is InChI=1S/C28H29F3N4O2S/c1-27(2)25(36)35(22-9-8-21(18-32)24(17-22)28(29,30)31)26(38-3)34(27)14-5-15-37-23-7-4-6-20(16-23)19-10-12-33-13-11-19/h4,6-13,17,23,26H,5,14-16H2,1-3H3. The number of amides is 1. The number of hydrogen-bond acceptors (Lipinski definition) is 6. The molecule has 38 heavy (non-hydrogen) atoms. The van der Waals surface area contributed by atoms with Crippen molar-refractivity contribution in [1.82, 2.24) is 9.88 Å². The summed E-state index contributed by atoms with van der Waals surface area (Å²) in [6, 6.07) is 8.95. The van der Waals surface area contributed by atoms with E-state index in [1.807, 2.05) is 35.4 Å². The van der Waals surface area contributed by atoms with Crippen LogP contribution in [0.2, 0.25) is 0 Å².